The van der Waals surface area contributed by atoms with Gasteiger partial charge in [0.2, 0.25) is 0 Å². The Morgan fingerprint density at radius 2 is 1.76 bits per heavy atom. The molecule has 1 aromatic heterocycles. The number of nitrogens with zero attached hydrogens (tertiary/aromatic N) is 2. The zero-order valence-corrected chi connectivity index (χ0v) is 20.5. The highest BCUT2D eigenvalue weighted by atomic mass is 32.2. The number of nitrogens with one attached hydrogen (secondary N) is 1. The molecule has 2 aromatic carbocycles. The lowest BCUT2D eigenvalue weighted by Crippen LogP contribution is -2.12. The number of esters is 1. The summed E-state index contributed by atoms with van der Waals surface area (Å²) in [6.45, 7) is 8.84. The quantitative estimate of drug-likeness (QED) is 0.447. The summed E-state index contributed by atoms with van der Waals surface area (Å²) < 4.78 is 33.7. The zero-order chi connectivity index (χ0) is 25.0. The summed E-state index contributed by atoms with van der Waals surface area (Å²) in [6.07, 6.45) is 0.594. The van der Waals surface area contributed by atoms with Gasteiger partial charge in [0.05, 0.1) is 17.1 Å². The molecule has 1 heterocycles. The Bertz CT molecular complexity index is 1400. The van der Waals surface area contributed by atoms with Gasteiger partial charge in [-0.15, -0.1) is 0 Å². The van der Waals surface area contributed by atoms with E-state index in [-0.39, 0.29) is 11.5 Å². The van der Waals surface area contributed by atoms with Crippen molar-refractivity contribution in [3.8, 4) is 28.3 Å². The molecule has 0 aliphatic heterocycles. The summed E-state index contributed by atoms with van der Waals surface area (Å²) in [5.41, 5.74) is 4.92. The molecule has 3 aromatic rings. The summed E-state index contributed by atoms with van der Waals surface area (Å²) in [4.78, 5) is 12.8. The second-order valence-corrected chi connectivity index (χ2v) is 9.66. The zero-order valence-electron chi connectivity index (χ0n) is 19.7. The minimum absolute atomic E-state index is 0.0299. The van der Waals surface area contributed by atoms with Crippen LogP contribution in [-0.2, 0) is 28.2 Å². The maximum atomic E-state index is 12.7. The molecule has 34 heavy (non-hydrogen) atoms. The Labute approximate surface area is 200 Å². The first-order valence-corrected chi connectivity index (χ1v) is 12.3. The fourth-order valence-corrected chi connectivity index (χ4v) is 4.43. The van der Waals surface area contributed by atoms with Crippen molar-refractivity contribution in [2.24, 2.45) is 7.05 Å². The highest BCUT2D eigenvalue weighted by Gasteiger charge is 2.26. The molecule has 8 heteroatoms. The Hall–Kier alpha value is -3.83. The number of rotatable bonds is 8. The summed E-state index contributed by atoms with van der Waals surface area (Å²) in [7, 11) is -1.88. The van der Waals surface area contributed by atoms with Crippen LogP contribution in [0.2, 0.25) is 0 Å². The molecule has 3 rings (SSSR count). The normalized spacial score (nSPS) is 11.0. The van der Waals surface area contributed by atoms with Crippen LogP contribution >= 0.6 is 0 Å². The van der Waals surface area contributed by atoms with Gasteiger partial charge < -0.3 is 9.30 Å². The van der Waals surface area contributed by atoms with Crippen LogP contribution in [0.5, 0.6) is 0 Å². The van der Waals surface area contributed by atoms with Gasteiger partial charge in [0.15, 0.2) is 0 Å². The number of carbonyl (C=O) groups is 1. The average Bonchev–Trinajstić information content (AvgIpc) is 3.10. The van der Waals surface area contributed by atoms with E-state index in [1.165, 1.54) is 6.92 Å². The van der Waals surface area contributed by atoms with Gasteiger partial charge in [-0.25, -0.2) is 13.2 Å². The van der Waals surface area contributed by atoms with E-state index in [0.717, 1.165) is 22.4 Å². The molecule has 7 nitrogen and oxygen atoms in total. The minimum atomic E-state index is -3.64. The van der Waals surface area contributed by atoms with Crippen molar-refractivity contribution in [3.05, 3.63) is 77.0 Å². The lowest BCUT2D eigenvalue weighted by molar-refractivity contribution is 0.0516. The van der Waals surface area contributed by atoms with Crippen LogP contribution in [0.25, 0.3) is 22.3 Å². The molecular formula is C26H27N3O4S. The Balaban J connectivity index is 2.05. The monoisotopic (exact) mass is 477 g/mol. The van der Waals surface area contributed by atoms with Crippen LogP contribution in [0.15, 0.2) is 60.0 Å². The van der Waals surface area contributed by atoms with Crippen molar-refractivity contribution >= 4 is 21.7 Å². The van der Waals surface area contributed by atoms with E-state index in [4.69, 9.17) is 4.74 Å². The summed E-state index contributed by atoms with van der Waals surface area (Å²) in [6, 6.07) is 16.7. The maximum Gasteiger partial charge on any atom is 0.355 e. The largest absolute Gasteiger partial charge is 0.461 e. The molecule has 0 radical (unpaired) electrons. The highest BCUT2D eigenvalue weighted by Crippen LogP contribution is 2.34. The summed E-state index contributed by atoms with van der Waals surface area (Å²) in [5.74, 6) is -0.474. The number of carbonyl (C=O) groups excluding carboxylic acids is 1. The van der Waals surface area contributed by atoms with E-state index in [1.807, 2.05) is 37.3 Å². The molecule has 0 fully saturated rings. The maximum absolute atomic E-state index is 12.7. The smallest absolute Gasteiger partial charge is 0.355 e. The topological polar surface area (TPSA) is 101 Å². The molecule has 0 spiro atoms. The third-order valence-electron chi connectivity index (χ3n) is 5.51. The van der Waals surface area contributed by atoms with Gasteiger partial charge in [0.1, 0.15) is 11.8 Å². The molecule has 0 saturated heterocycles. The fraction of sp³-hybridized carbons (Fsp3) is 0.231. The second kappa shape index (κ2) is 9.98. The van der Waals surface area contributed by atoms with E-state index in [9.17, 15) is 18.5 Å². The number of hydrogen-bond acceptors (Lipinski definition) is 5. The number of anilines is 1. The van der Waals surface area contributed by atoms with Gasteiger partial charge in [-0.2, -0.15) is 5.26 Å². The van der Waals surface area contributed by atoms with Gasteiger partial charge >= 0.3 is 5.97 Å². The SMILES string of the molecule is C=C(C)S(=O)(=O)Nc1cccc(-c2ccc(-c3c(C#N)c(CC)n(C)c3C(=O)OCC)cc2)c1. The van der Waals surface area contributed by atoms with Gasteiger partial charge in [-0.3, -0.25) is 4.72 Å². The molecule has 0 amide bonds. The van der Waals surface area contributed by atoms with Crippen molar-refractivity contribution in [2.45, 2.75) is 27.2 Å². The number of ether oxygens (including phenoxy) is 1. The van der Waals surface area contributed by atoms with Gasteiger partial charge in [0.25, 0.3) is 10.0 Å². The molecule has 176 valence electrons. The molecule has 0 bridgehead atoms. The molecule has 0 atom stereocenters. The predicted molar refractivity (Wildman–Crippen MR) is 134 cm³/mol. The third kappa shape index (κ3) is 4.75. The number of sulfonamides is 1. The van der Waals surface area contributed by atoms with Gasteiger partial charge in [0, 0.05) is 24.0 Å². The van der Waals surface area contributed by atoms with Crippen molar-refractivity contribution in [1.82, 2.24) is 4.57 Å². The van der Waals surface area contributed by atoms with Crippen LogP contribution < -0.4 is 4.72 Å². The number of nitriles is 1. The second-order valence-electron chi connectivity index (χ2n) is 7.76. The molecule has 0 saturated carbocycles. The van der Waals surface area contributed by atoms with E-state index < -0.39 is 16.0 Å². The Morgan fingerprint density at radius 1 is 1.12 bits per heavy atom. The van der Waals surface area contributed by atoms with Crippen molar-refractivity contribution in [3.63, 3.8) is 0 Å². The van der Waals surface area contributed by atoms with E-state index >= 15 is 0 Å². The first-order valence-electron chi connectivity index (χ1n) is 10.8. The van der Waals surface area contributed by atoms with Crippen molar-refractivity contribution in [2.75, 3.05) is 11.3 Å². The summed E-state index contributed by atoms with van der Waals surface area (Å²) in [5, 5.41) is 9.86. The van der Waals surface area contributed by atoms with Crippen LogP contribution in [0.3, 0.4) is 0 Å². The van der Waals surface area contributed by atoms with E-state index in [0.29, 0.717) is 28.9 Å². The van der Waals surface area contributed by atoms with Crippen LogP contribution in [0.1, 0.15) is 42.5 Å². The summed E-state index contributed by atoms with van der Waals surface area (Å²) >= 11 is 0. The third-order valence-corrected chi connectivity index (χ3v) is 6.93. The lowest BCUT2D eigenvalue weighted by Gasteiger charge is -2.11. The number of benzene rings is 2. The van der Waals surface area contributed by atoms with Crippen LogP contribution in [0, 0.1) is 11.3 Å². The van der Waals surface area contributed by atoms with Gasteiger partial charge in [-0.05, 0) is 49.1 Å². The lowest BCUT2D eigenvalue weighted by atomic mass is 9.97. The Morgan fingerprint density at radius 3 is 2.32 bits per heavy atom. The van der Waals surface area contributed by atoms with E-state index in [2.05, 4.69) is 17.4 Å². The van der Waals surface area contributed by atoms with Crippen molar-refractivity contribution < 1.29 is 17.9 Å². The average molecular weight is 478 g/mol. The minimum Gasteiger partial charge on any atom is -0.461 e. The van der Waals surface area contributed by atoms with Gasteiger partial charge in [-0.1, -0.05) is 49.9 Å². The Kier molecular flexibility index (Phi) is 7.28. The van der Waals surface area contributed by atoms with E-state index in [1.54, 1.807) is 36.7 Å². The molecule has 1 N–H and O–H groups in total. The number of aromatic nitrogens is 1. The van der Waals surface area contributed by atoms with Crippen LogP contribution in [-0.4, -0.2) is 25.6 Å². The number of hydrogen-bond donors (Lipinski definition) is 1. The predicted octanol–water partition coefficient (Wildman–Crippen LogP) is 5.25. The standard InChI is InChI=1S/C26H27N3O4S/c1-6-23-22(16-27)24(25(29(23)5)26(30)33-7-2)19-13-11-18(12-14-19)20-9-8-10-21(15-20)28-34(31,32)17(3)4/h8-15,28H,3,6-7H2,1-2,4-5H3. The highest BCUT2D eigenvalue weighted by molar-refractivity contribution is 7.96. The number of allylic oxidation sites excluding steroid dienone is 1. The molecule has 0 aliphatic carbocycles. The fourth-order valence-electron chi connectivity index (χ4n) is 3.82. The molecular weight excluding hydrogens is 450 g/mol. The van der Waals surface area contributed by atoms with Crippen LogP contribution in [0.4, 0.5) is 5.69 Å². The first-order chi connectivity index (χ1) is 16.1. The van der Waals surface area contributed by atoms with Crippen molar-refractivity contribution in [1.29, 1.82) is 5.26 Å². The molecule has 0 unspecified atom stereocenters. The first kappa shape index (κ1) is 24.8. The molecule has 0 aliphatic rings.